The van der Waals surface area contributed by atoms with Crippen molar-refractivity contribution in [1.82, 2.24) is 5.32 Å². The number of carbonyl (C=O) groups excluding carboxylic acids is 1. The lowest BCUT2D eigenvalue weighted by atomic mass is 10.0. The molecule has 0 aromatic heterocycles. The molecule has 1 heterocycles. The number of hydrogen-bond acceptors (Lipinski definition) is 4. The number of nitrogens with zero attached hydrogens (tertiary/aromatic N) is 1. The molecule has 0 bridgehead atoms. The van der Waals surface area contributed by atoms with Crippen molar-refractivity contribution in [3.63, 3.8) is 0 Å². The Morgan fingerprint density at radius 1 is 1.25 bits per heavy atom. The van der Waals surface area contributed by atoms with Crippen LogP contribution in [-0.2, 0) is 9.53 Å². The van der Waals surface area contributed by atoms with Crippen LogP contribution < -0.4 is 15.8 Å². The van der Waals surface area contributed by atoms with Crippen molar-refractivity contribution in [3.05, 3.63) is 29.8 Å². The first-order chi connectivity index (χ1) is 12.8. The Hall–Kier alpha value is -1.51. The average Bonchev–Trinajstić information content (AvgIpc) is 2.59. The van der Waals surface area contributed by atoms with Crippen molar-refractivity contribution in [2.24, 2.45) is 10.7 Å². The predicted octanol–water partition coefficient (Wildman–Crippen LogP) is 4.32. The molecular formula is C21H34IN3O3. The van der Waals surface area contributed by atoms with Crippen molar-refractivity contribution in [2.75, 3.05) is 13.2 Å². The summed E-state index contributed by atoms with van der Waals surface area (Å²) < 4.78 is 11.0. The standard InChI is InChI=1S/C21H33N3O3.HI/c1-21(2,3)27-19(25)12-6-4-5-9-14-23-20(22)24-17-13-15-26-18-11-8-7-10-16(17)18;/h7-8,10-11,17H,4-6,9,12-15H2,1-3H3,(H3,22,23,24);1H. The second-order valence-electron chi connectivity index (χ2n) is 7.89. The van der Waals surface area contributed by atoms with Crippen LogP contribution >= 0.6 is 24.0 Å². The van der Waals surface area contributed by atoms with E-state index in [0.717, 1.165) is 43.4 Å². The largest absolute Gasteiger partial charge is 0.493 e. The maximum atomic E-state index is 11.6. The lowest BCUT2D eigenvalue weighted by Gasteiger charge is -2.26. The Morgan fingerprint density at radius 3 is 2.71 bits per heavy atom. The number of para-hydroxylation sites is 1. The predicted molar refractivity (Wildman–Crippen MR) is 123 cm³/mol. The lowest BCUT2D eigenvalue weighted by molar-refractivity contribution is -0.154. The third-order valence-electron chi connectivity index (χ3n) is 4.27. The Morgan fingerprint density at radius 2 is 1.96 bits per heavy atom. The van der Waals surface area contributed by atoms with Gasteiger partial charge in [0.25, 0.3) is 0 Å². The van der Waals surface area contributed by atoms with E-state index < -0.39 is 5.60 Å². The van der Waals surface area contributed by atoms with Gasteiger partial charge in [0.05, 0.1) is 12.6 Å². The number of carbonyl (C=O) groups is 1. The van der Waals surface area contributed by atoms with Crippen molar-refractivity contribution >= 4 is 35.9 Å². The van der Waals surface area contributed by atoms with Gasteiger partial charge in [-0.05, 0) is 39.7 Å². The summed E-state index contributed by atoms with van der Waals surface area (Å²) in [5.41, 5.74) is 6.77. The number of esters is 1. The van der Waals surface area contributed by atoms with E-state index in [2.05, 4.69) is 16.4 Å². The average molecular weight is 503 g/mol. The fourth-order valence-electron chi connectivity index (χ4n) is 3.04. The highest BCUT2D eigenvalue weighted by atomic mass is 127. The maximum Gasteiger partial charge on any atom is 0.306 e. The maximum absolute atomic E-state index is 11.6. The normalized spacial score (nSPS) is 16.4. The minimum absolute atomic E-state index is 0. The number of rotatable bonds is 8. The molecule has 7 heteroatoms. The molecule has 0 aliphatic carbocycles. The third kappa shape index (κ3) is 9.12. The van der Waals surface area contributed by atoms with Gasteiger partial charge in [-0.1, -0.05) is 31.0 Å². The summed E-state index contributed by atoms with van der Waals surface area (Å²) in [5.74, 6) is 1.27. The molecule has 3 N–H and O–H groups in total. The summed E-state index contributed by atoms with van der Waals surface area (Å²) in [7, 11) is 0. The summed E-state index contributed by atoms with van der Waals surface area (Å²) >= 11 is 0. The number of aliphatic imine (C=N–C) groups is 1. The van der Waals surface area contributed by atoms with Gasteiger partial charge in [0.1, 0.15) is 11.4 Å². The van der Waals surface area contributed by atoms with Gasteiger partial charge in [0.2, 0.25) is 0 Å². The van der Waals surface area contributed by atoms with Crippen LogP contribution in [0, 0.1) is 0 Å². The minimum atomic E-state index is -0.401. The number of halogens is 1. The minimum Gasteiger partial charge on any atom is -0.493 e. The molecule has 1 atom stereocenters. The molecule has 0 saturated carbocycles. The van der Waals surface area contributed by atoms with Gasteiger partial charge in [0.15, 0.2) is 5.96 Å². The van der Waals surface area contributed by atoms with Crippen LogP contribution in [0.15, 0.2) is 29.3 Å². The SMILES string of the molecule is CC(C)(C)OC(=O)CCCCCCN=C(N)NC1CCOc2ccccc21.I. The van der Waals surface area contributed by atoms with Crippen LogP contribution in [0.5, 0.6) is 5.75 Å². The van der Waals surface area contributed by atoms with Crippen LogP contribution in [0.4, 0.5) is 0 Å². The number of unbranched alkanes of at least 4 members (excludes halogenated alkanes) is 3. The summed E-state index contributed by atoms with van der Waals surface area (Å²) in [4.78, 5) is 16.1. The molecule has 0 fully saturated rings. The van der Waals surface area contributed by atoms with Gasteiger partial charge in [-0.15, -0.1) is 24.0 Å². The second-order valence-corrected chi connectivity index (χ2v) is 7.89. The van der Waals surface area contributed by atoms with E-state index in [1.807, 2.05) is 39.0 Å². The highest BCUT2D eigenvalue weighted by Crippen LogP contribution is 2.31. The van der Waals surface area contributed by atoms with Crippen LogP contribution in [0.25, 0.3) is 0 Å². The molecule has 0 radical (unpaired) electrons. The van der Waals surface area contributed by atoms with Gasteiger partial charge in [-0.2, -0.15) is 0 Å². The van der Waals surface area contributed by atoms with Gasteiger partial charge in [0, 0.05) is 24.9 Å². The molecule has 1 aliphatic rings. The summed E-state index contributed by atoms with van der Waals surface area (Å²) in [6.45, 7) is 7.04. The van der Waals surface area contributed by atoms with E-state index in [4.69, 9.17) is 15.2 Å². The lowest BCUT2D eigenvalue weighted by Crippen LogP contribution is -2.37. The molecule has 0 saturated heterocycles. The highest BCUT2D eigenvalue weighted by Gasteiger charge is 2.21. The number of guanidine groups is 1. The molecule has 1 aliphatic heterocycles. The van der Waals surface area contributed by atoms with Crippen LogP contribution in [0.1, 0.15) is 70.9 Å². The Balaban J connectivity index is 0.00000392. The Labute approximate surface area is 185 Å². The van der Waals surface area contributed by atoms with Crippen LogP contribution in [0.3, 0.4) is 0 Å². The Kier molecular flexibility index (Phi) is 10.6. The number of fused-ring (bicyclic) bond motifs is 1. The van der Waals surface area contributed by atoms with E-state index in [9.17, 15) is 4.79 Å². The molecule has 0 spiro atoms. The van der Waals surface area contributed by atoms with Crippen LogP contribution in [-0.4, -0.2) is 30.7 Å². The van der Waals surface area contributed by atoms with E-state index in [0.29, 0.717) is 25.5 Å². The van der Waals surface area contributed by atoms with Crippen molar-refractivity contribution in [1.29, 1.82) is 0 Å². The van der Waals surface area contributed by atoms with E-state index in [1.54, 1.807) is 0 Å². The molecule has 0 amide bonds. The third-order valence-corrected chi connectivity index (χ3v) is 4.27. The molecular weight excluding hydrogens is 469 g/mol. The number of benzene rings is 1. The molecule has 158 valence electrons. The van der Waals surface area contributed by atoms with Gasteiger partial charge < -0.3 is 20.5 Å². The second kappa shape index (κ2) is 12.1. The quantitative estimate of drug-likeness (QED) is 0.181. The van der Waals surface area contributed by atoms with Gasteiger partial charge in [-0.25, -0.2) is 0 Å². The highest BCUT2D eigenvalue weighted by molar-refractivity contribution is 14.0. The van der Waals surface area contributed by atoms with E-state index in [1.165, 1.54) is 0 Å². The first kappa shape index (κ1) is 24.5. The smallest absolute Gasteiger partial charge is 0.306 e. The van der Waals surface area contributed by atoms with Crippen molar-refractivity contribution in [2.45, 2.75) is 70.9 Å². The number of nitrogens with two attached hydrogens (primary N) is 1. The monoisotopic (exact) mass is 503 g/mol. The molecule has 28 heavy (non-hydrogen) atoms. The zero-order valence-corrected chi connectivity index (χ0v) is 19.5. The zero-order valence-electron chi connectivity index (χ0n) is 17.2. The Bertz CT molecular complexity index is 644. The van der Waals surface area contributed by atoms with E-state index >= 15 is 0 Å². The van der Waals surface area contributed by atoms with Crippen molar-refractivity contribution < 1.29 is 14.3 Å². The fourth-order valence-corrected chi connectivity index (χ4v) is 3.04. The number of ether oxygens (including phenoxy) is 2. The van der Waals surface area contributed by atoms with Crippen molar-refractivity contribution in [3.8, 4) is 5.75 Å². The number of hydrogen-bond donors (Lipinski definition) is 2. The van der Waals surface area contributed by atoms with Gasteiger partial charge >= 0.3 is 5.97 Å². The molecule has 1 aromatic rings. The van der Waals surface area contributed by atoms with E-state index in [-0.39, 0.29) is 36.0 Å². The number of nitrogens with one attached hydrogen (secondary N) is 1. The molecule has 1 unspecified atom stereocenters. The summed E-state index contributed by atoms with van der Waals surface area (Å²) in [5, 5.41) is 3.30. The van der Waals surface area contributed by atoms with Gasteiger partial charge in [-0.3, -0.25) is 9.79 Å². The molecule has 6 nitrogen and oxygen atoms in total. The zero-order chi connectivity index (χ0) is 19.7. The fraction of sp³-hybridized carbons (Fsp3) is 0.619. The van der Waals surface area contributed by atoms with Crippen LogP contribution in [0.2, 0.25) is 0 Å². The molecule has 1 aromatic carbocycles. The first-order valence-electron chi connectivity index (χ1n) is 9.85. The topological polar surface area (TPSA) is 85.9 Å². The summed E-state index contributed by atoms with van der Waals surface area (Å²) in [6, 6.07) is 8.17. The summed E-state index contributed by atoms with van der Waals surface area (Å²) in [6.07, 6.45) is 5.19. The first-order valence-corrected chi connectivity index (χ1v) is 9.85. The molecule has 2 rings (SSSR count).